The van der Waals surface area contributed by atoms with Gasteiger partial charge in [-0.15, -0.1) is 0 Å². The maximum atomic E-state index is 13.0. The van der Waals surface area contributed by atoms with Gasteiger partial charge in [0, 0.05) is 24.3 Å². The van der Waals surface area contributed by atoms with Crippen LogP contribution in [0, 0.1) is 17.6 Å². The molecule has 0 radical (unpaired) electrons. The summed E-state index contributed by atoms with van der Waals surface area (Å²) >= 11 is 0. The van der Waals surface area contributed by atoms with Crippen LogP contribution in [0.5, 0.6) is 0 Å². The minimum atomic E-state index is -0.502. The highest BCUT2D eigenvalue weighted by Crippen LogP contribution is 2.26. The Kier molecular flexibility index (Phi) is 4.06. The zero-order valence-corrected chi connectivity index (χ0v) is 12.1. The lowest BCUT2D eigenvalue weighted by Gasteiger charge is -2.16. The van der Waals surface area contributed by atoms with E-state index in [9.17, 15) is 18.4 Å². The third kappa shape index (κ3) is 3.36. The second kappa shape index (κ2) is 6.16. The fraction of sp³-hybridized carbons (Fsp3) is 0.176. The highest BCUT2D eigenvalue weighted by molar-refractivity contribution is 6.03. The number of anilines is 2. The van der Waals surface area contributed by atoms with Crippen LogP contribution in [-0.4, -0.2) is 18.4 Å². The largest absolute Gasteiger partial charge is 0.326 e. The fourth-order valence-corrected chi connectivity index (χ4v) is 2.53. The number of rotatable bonds is 3. The van der Waals surface area contributed by atoms with E-state index in [-0.39, 0.29) is 36.4 Å². The first-order valence-corrected chi connectivity index (χ1v) is 7.15. The summed E-state index contributed by atoms with van der Waals surface area (Å²) in [5.74, 6) is -1.75. The third-order valence-electron chi connectivity index (χ3n) is 3.75. The lowest BCUT2D eigenvalue weighted by Crippen LogP contribution is -2.28. The first-order valence-electron chi connectivity index (χ1n) is 7.15. The summed E-state index contributed by atoms with van der Waals surface area (Å²) in [4.78, 5) is 25.8. The molecule has 3 rings (SSSR count). The van der Waals surface area contributed by atoms with Crippen LogP contribution in [0.25, 0.3) is 0 Å². The van der Waals surface area contributed by atoms with E-state index in [1.165, 1.54) is 53.4 Å². The van der Waals surface area contributed by atoms with Gasteiger partial charge >= 0.3 is 0 Å². The zero-order valence-electron chi connectivity index (χ0n) is 12.1. The van der Waals surface area contributed by atoms with E-state index in [4.69, 9.17) is 0 Å². The molecule has 1 atom stereocenters. The van der Waals surface area contributed by atoms with Crippen molar-refractivity contribution in [3.63, 3.8) is 0 Å². The number of carbonyl (C=O) groups is 2. The van der Waals surface area contributed by atoms with Crippen molar-refractivity contribution in [3.05, 3.63) is 60.2 Å². The number of amides is 2. The average molecular weight is 316 g/mol. The van der Waals surface area contributed by atoms with E-state index < -0.39 is 5.92 Å². The number of halogens is 2. The SMILES string of the molecule is O=C(Nc1ccc(F)cc1)[C@@H]1CC(=O)N(c2ccc(F)cc2)C1. The fourth-order valence-electron chi connectivity index (χ4n) is 2.53. The molecule has 2 amide bonds. The first-order chi connectivity index (χ1) is 11.0. The quantitative estimate of drug-likeness (QED) is 0.946. The normalized spacial score (nSPS) is 17.4. The Morgan fingerprint density at radius 2 is 1.57 bits per heavy atom. The smallest absolute Gasteiger partial charge is 0.229 e. The summed E-state index contributed by atoms with van der Waals surface area (Å²) in [5, 5.41) is 2.67. The molecule has 2 aromatic carbocycles. The number of hydrogen-bond acceptors (Lipinski definition) is 2. The lowest BCUT2D eigenvalue weighted by atomic mass is 10.1. The maximum absolute atomic E-state index is 13.0. The van der Waals surface area contributed by atoms with Gasteiger partial charge in [-0.1, -0.05) is 0 Å². The molecule has 1 N–H and O–H groups in total. The van der Waals surface area contributed by atoms with Gasteiger partial charge in [-0.3, -0.25) is 9.59 Å². The Bertz CT molecular complexity index is 729. The van der Waals surface area contributed by atoms with Crippen LogP contribution in [0.1, 0.15) is 6.42 Å². The number of hydrogen-bond donors (Lipinski definition) is 1. The van der Waals surface area contributed by atoms with Crippen LogP contribution in [0.15, 0.2) is 48.5 Å². The van der Waals surface area contributed by atoms with Gasteiger partial charge in [0.25, 0.3) is 0 Å². The van der Waals surface area contributed by atoms with Crippen LogP contribution < -0.4 is 10.2 Å². The second-order valence-corrected chi connectivity index (χ2v) is 5.38. The topological polar surface area (TPSA) is 49.4 Å². The first kappa shape index (κ1) is 15.1. The highest BCUT2D eigenvalue weighted by atomic mass is 19.1. The van der Waals surface area contributed by atoms with Crippen molar-refractivity contribution in [2.24, 2.45) is 5.92 Å². The van der Waals surface area contributed by atoms with Crippen LogP contribution in [0.4, 0.5) is 20.2 Å². The lowest BCUT2D eigenvalue weighted by molar-refractivity contribution is -0.122. The predicted octanol–water partition coefficient (Wildman–Crippen LogP) is 2.96. The summed E-state index contributed by atoms with van der Waals surface area (Å²) in [5.41, 5.74) is 1.04. The Hall–Kier alpha value is -2.76. The van der Waals surface area contributed by atoms with Gasteiger partial charge in [0.2, 0.25) is 11.8 Å². The van der Waals surface area contributed by atoms with E-state index in [0.717, 1.165) is 0 Å². The summed E-state index contributed by atoms with van der Waals surface area (Å²) in [6.45, 7) is 0.234. The Balaban J connectivity index is 1.68. The van der Waals surface area contributed by atoms with Gasteiger partial charge in [0.05, 0.1) is 5.92 Å². The van der Waals surface area contributed by atoms with Gasteiger partial charge in [0.15, 0.2) is 0 Å². The van der Waals surface area contributed by atoms with Crippen LogP contribution >= 0.6 is 0 Å². The minimum Gasteiger partial charge on any atom is -0.326 e. The van der Waals surface area contributed by atoms with Crippen molar-refractivity contribution in [2.75, 3.05) is 16.8 Å². The van der Waals surface area contributed by atoms with E-state index >= 15 is 0 Å². The molecule has 2 aromatic rings. The molecule has 1 aliphatic heterocycles. The van der Waals surface area contributed by atoms with Crippen molar-refractivity contribution < 1.29 is 18.4 Å². The van der Waals surface area contributed by atoms with Gasteiger partial charge in [-0.2, -0.15) is 0 Å². The molecule has 0 aliphatic carbocycles. The third-order valence-corrected chi connectivity index (χ3v) is 3.75. The number of nitrogens with one attached hydrogen (secondary N) is 1. The van der Waals surface area contributed by atoms with Crippen LogP contribution in [0.3, 0.4) is 0 Å². The maximum Gasteiger partial charge on any atom is 0.229 e. The summed E-state index contributed by atoms with van der Waals surface area (Å²) in [6.07, 6.45) is 0.0877. The Labute approximate surface area is 131 Å². The molecule has 0 saturated carbocycles. The van der Waals surface area contributed by atoms with Gasteiger partial charge in [-0.05, 0) is 48.5 Å². The average Bonchev–Trinajstić information content (AvgIpc) is 2.92. The predicted molar refractivity (Wildman–Crippen MR) is 81.9 cm³/mol. The Morgan fingerprint density at radius 3 is 2.17 bits per heavy atom. The molecule has 118 valence electrons. The van der Waals surface area contributed by atoms with Gasteiger partial charge in [-0.25, -0.2) is 8.78 Å². The molecule has 1 aliphatic rings. The molecule has 23 heavy (non-hydrogen) atoms. The molecule has 0 spiro atoms. The van der Waals surface area contributed by atoms with E-state index in [2.05, 4.69) is 5.32 Å². The molecule has 0 aromatic heterocycles. The monoisotopic (exact) mass is 316 g/mol. The molecule has 4 nitrogen and oxygen atoms in total. The molecule has 1 fully saturated rings. The van der Waals surface area contributed by atoms with Crippen molar-refractivity contribution in [2.45, 2.75) is 6.42 Å². The molecule has 1 saturated heterocycles. The number of nitrogens with zero attached hydrogens (tertiary/aromatic N) is 1. The molecular formula is C17H14F2N2O2. The van der Waals surface area contributed by atoms with E-state index in [1.54, 1.807) is 0 Å². The summed E-state index contributed by atoms with van der Waals surface area (Å²) < 4.78 is 25.8. The molecular weight excluding hydrogens is 302 g/mol. The molecule has 0 unspecified atom stereocenters. The van der Waals surface area contributed by atoms with Crippen molar-refractivity contribution >= 4 is 23.2 Å². The van der Waals surface area contributed by atoms with Crippen molar-refractivity contribution in [1.82, 2.24) is 0 Å². The molecule has 6 heteroatoms. The summed E-state index contributed by atoms with van der Waals surface area (Å²) in [7, 11) is 0. The van der Waals surface area contributed by atoms with E-state index in [0.29, 0.717) is 11.4 Å². The molecule has 1 heterocycles. The van der Waals surface area contributed by atoms with Crippen LogP contribution in [0.2, 0.25) is 0 Å². The number of benzene rings is 2. The van der Waals surface area contributed by atoms with Crippen molar-refractivity contribution in [3.8, 4) is 0 Å². The van der Waals surface area contributed by atoms with Gasteiger partial charge < -0.3 is 10.2 Å². The summed E-state index contributed by atoms with van der Waals surface area (Å²) in [6, 6.07) is 11.0. The second-order valence-electron chi connectivity index (χ2n) is 5.38. The molecule has 0 bridgehead atoms. The van der Waals surface area contributed by atoms with Crippen molar-refractivity contribution in [1.29, 1.82) is 0 Å². The van der Waals surface area contributed by atoms with E-state index in [1.807, 2.05) is 0 Å². The standard InChI is InChI=1S/C17H14F2N2O2/c18-12-1-5-14(6-2-12)20-17(23)11-9-16(22)21(10-11)15-7-3-13(19)4-8-15/h1-8,11H,9-10H2,(H,20,23)/t11-/m1/s1. The highest BCUT2D eigenvalue weighted by Gasteiger charge is 2.35. The zero-order chi connectivity index (χ0) is 16.4. The number of carbonyl (C=O) groups excluding carboxylic acids is 2. The minimum absolute atomic E-state index is 0.0877. The van der Waals surface area contributed by atoms with Crippen LogP contribution in [-0.2, 0) is 9.59 Å². The Morgan fingerprint density at radius 1 is 1.00 bits per heavy atom. The van der Waals surface area contributed by atoms with Gasteiger partial charge in [0.1, 0.15) is 11.6 Å².